The van der Waals surface area contributed by atoms with E-state index in [4.69, 9.17) is 10.2 Å². The zero-order valence-corrected chi connectivity index (χ0v) is 15.5. The molecule has 0 unspecified atom stereocenters. The Morgan fingerprint density at radius 1 is 1.07 bits per heavy atom. The molecular formula is C18H14N4O6S. The van der Waals surface area contributed by atoms with Crippen LogP contribution in [0, 0.1) is 0 Å². The Hall–Kier alpha value is -3.70. The van der Waals surface area contributed by atoms with Crippen molar-refractivity contribution in [2.24, 2.45) is 0 Å². The van der Waals surface area contributed by atoms with Gasteiger partial charge in [0.2, 0.25) is 10.0 Å². The number of hydrogen-bond acceptors (Lipinski definition) is 7. The Morgan fingerprint density at radius 3 is 2.45 bits per heavy atom. The van der Waals surface area contributed by atoms with E-state index in [-0.39, 0.29) is 34.1 Å². The molecule has 0 saturated carbocycles. The quantitative estimate of drug-likeness (QED) is 0.510. The van der Waals surface area contributed by atoms with E-state index >= 15 is 0 Å². The summed E-state index contributed by atoms with van der Waals surface area (Å²) in [5.41, 5.74) is 5.39. The lowest BCUT2D eigenvalue weighted by Gasteiger charge is -2.12. The number of carbonyl (C=O) groups is 2. The van der Waals surface area contributed by atoms with Gasteiger partial charge in [-0.15, -0.1) is 0 Å². The molecule has 2 amide bonds. The molecule has 0 radical (unpaired) electrons. The van der Waals surface area contributed by atoms with E-state index in [0.29, 0.717) is 5.76 Å². The second-order valence-electron chi connectivity index (χ2n) is 6.17. The molecule has 3 aromatic rings. The largest absolute Gasteiger partial charge is 0.468 e. The third-order valence-corrected chi connectivity index (χ3v) is 5.79. The Balaban J connectivity index is 1.67. The van der Waals surface area contributed by atoms with Crippen molar-refractivity contribution in [3.05, 3.63) is 76.0 Å². The van der Waals surface area contributed by atoms with Crippen molar-refractivity contribution < 1.29 is 22.4 Å². The summed E-state index contributed by atoms with van der Waals surface area (Å²) < 4.78 is 33.3. The number of benzene rings is 1. The van der Waals surface area contributed by atoms with Crippen molar-refractivity contribution in [3.63, 3.8) is 0 Å². The Morgan fingerprint density at radius 2 is 1.79 bits per heavy atom. The van der Waals surface area contributed by atoms with Gasteiger partial charge in [-0.05, 0) is 36.4 Å². The molecule has 0 aliphatic carbocycles. The first kappa shape index (κ1) is 18.7. The maximum atomic E-state index is 12.4. The van der Waals surface area contributed by atoms with Crippen LogP contribution in [0.1, 0.15) is 26.5 Å². The number of amides is 2. The number of nitrogens with two attached hydrogens (primary N) is 1. The zero-order valence-electron chi connectivity index (χ0n) is 14.7. The third-order valence-electron chi connectivity index (χ3n) is 4.38. The fourth-order valence-electron chi connectivity index (χ4n) is 2.98. The molecule has 11 heteroatoms. The Labute approximate surface area is 164 Å². The molecule has 4 rings (SSSR count). The second-order valence-corrected chi connectivity index (χ2v) is 7.94. The monoisotopic (exact) mass is 414 g/mol. The summed E-state index contributed by atoms with van der Waals surface area (Å²) in [6.45, 7) is -0.0164. The summed E-state index contributed by atoms with van der Waals surface area (Å²) in [6, 6.07) is 9.64. The number of hydrogen-bond donors (Lipinski definition) is 3. The molecule has 2 aromatic heterocycles. The second kappa shape index (κ2) is 6.72. The van der Waals surface area contributed by atoms with Gasteiger partial charge in [0.1, 0.15) is 11.6 Å². The molecule has 0 spiro atoms. The van der Waals surface area contributed by atoms with Crippen LogP contribution >= 0.6 is 0 Å². The predicted octanol–water partition coefficient (Wildman–Crippen LogP) is 0.375. The van der Waals surface area contributed by atoms with Crippen LogP contribution < -0.4 is 21.3 Å². The lowest BCUT2D eigenvalue weighted by Crippen LogP contribution is -2.25. The summed E-state index contributed by atoms with van der Waals surface area (Å²) in [7, 11) is -3.82. The number of furan rings is 1. The number of nitrogens with one attached hydrogen (secondary N) is 2. The number of pyridine rings is 1. The van der Waals surface area contributed by atoms with Crippen LogP contribution in [0.25, 0.3) is 5.69 Å². The number of aromatic nitrogens is 1. The number of carbonyl (C=O) groups excluding carboxylic acids is 2. The maximum absolute atomic E-state index is 12.4. The predicted molar refractivity (Wildman–Crippen MR) is 101 cm³/mol. The van der Waals surface area contributed by atoms with Crippen LogP contribution in [-0.2, 0) is 16.6 Å². The summed E-state index contributed by atoms with van der Waals surface area (Å²) in [5.74, 6) is -1.14. The lowest BCUT2D eigenvalue weighted by molar-refractivity contribution is 0.0880. The molecule has 4 N–H and O–H groups in total. The molecule has 1 aromatic carbocycles. The van der Waals surface area contributed by atoms with Gasteiger partial charge in [0.25, 0.3) is 17.4 Å². The van der Waals surface area contributed by atoms with Crippen LogP contribution in [0.4, 0.5) is 5.82 Å². The van der Waals surface area contributed by atoms with Crippen molar-refractivity contribution in [2.45, 2.75) is 11.4 Å². The minimum absolute atomic E-state index is 0.0164. The number of nitrogens with zero attached hydrogens (tertiary/aromatic N) is 1. The van der Waals surface area contributed by atoms with Gasteiger partial charge in [-0.3, -0.25) is 24.3 Å². The summed E-state index contributed by atoms with van der Waals surface area (Å²) in [5, 5.41) is 2.08. The minimum Gasteiger partial charge on any atom is -0.468 e. The smallest absolute Gasteiger partial charge is 0.262 e. The van der Waals surface area contributed by atoms with Crippen molar-refractivity contribution in [2.75, 3.05) is 5.73 Å². The highest BCUT2D eigenvalue weighted by Crippen LogP contribution is 2.23. The lowest BCUT2D eigenvalue weighted by atomic mass is 10.1. The first-order valence-corrected chi connectivity index (χ1v) is 9.80. The average Bonchev–Trinajstić information content (AvgIpc) is 3.29. The van der Waals surface area contributed by atoms with E-state index < -0.39 is 27.4 Å². The normalized spacial score (nSPS) is 13.4. The number of rotatable bonds is 5. The van der Waals surface area contributed by atoms with Gasteiger partial charge >= 0.3 is 0 Å². The fraction of sp³-hybridized carbons (Fsp3) is 0.0556. The van der Waals surface area contributed by atoms with Gasteiger partial charge in [-0.1, -0.05) is 0 Å². The van der Waals surface area contributed by atoms with Gasteiger partial charge in [0, 0.05) is 6.07 Å². The van der Waals surface area contributed by atoms with Gasteiger partial charge in [0.15, 0.2) is 0 Å². The van der Waals surface area contributed by atoms with Gasteiger partial charge in [-0.2, -0.15) is 0 Å². The molecule has 0 atom stereocenters. The minimum atomic E-state index is -3.82. The van der Waals surface area contributed by atoms with Crippen molar-refractivity contribution in [1.82, 2.24) is 14.6 Å². The van der Waals surface area contributed by atoms with Gasteiger partial charge in [-0.25, -0.2) is 13.1 Å². The molecule has 0 saturated heterocycles. The van der Waals surface area contributed by atoms with E-state index in [1.165, 1.54) is 30.5 Å². The highest BCUT2D eigenvalue weighted by atomic mass is 32.2. The highest BCUT2D eigenvalue weighted by Gasteiger charge is 2.31. The molecule has 1 aliphatic rings. The molecule has 3 heterocycles. The van der Waals surface area contributed by atoms with Crippen molar-refractivity contribution >= 4 is 27.7 Å². The Kier molecular flexibility index (Phi) is 4.32. The van der Waals surface area contributed by atoms with Gasteiger partial charge in [0.05, 0.1) is 34.5 Å². The van der Waals surface area contributed by atoms with E-state index in [1.807, 2.05) is 0 Å². The summed E-state index contributed by atoms with van der Waals surface area (Å²) in [4.78, 5) is 36.0. The number of sulfonamides is 1. The van der Waals surface area contributed by atoms with Crippen molar-refractivity contribution in [1.29, 1.82) is 0 Å². The highest BCUT2D eigenvalue weighted by molar-refractivity contribution is 7.89. The number of anilines is 1. The molecule has 0 fully saturated rings. The summed E-state index contributed by atoms with van der Waals surface area (Å²) >= 11 is 0. The first-order valence-electron chi connectivity index (χ1n) is 8.31. The maximum Gasteiger partial charge on any atom is 0.262 e. The topological polar surface area (TPSA) is 154 Å². The third kappa shape index (κ3) is 3.22. The van der Waals surface area contributed by atoms with E-state index in [1.54, 1.807) is 12.1 Å². The molecule has 10 nitrogen and oxygen atoms in total. The molecule has 148 valence electrons. The number of fused-ring (bicyclic) bond motifs is 1. The van der Waals surface area contributed by atoms with Gasteiger partial charge < -0.3 is 10.2 Å². The van der Waals surface area contributed by atoms with E-state index in [9.17, 15) is 22.8 Å². The molecule has 29 heavy (non-hydrogen) atoms. The first-order chi connectivity index (χ1) is 13.8. The SMILES string of the molecule is Nc1c2c(cc(=O)n1-c1ccc(S(=O)(=O)NCc3ccco3)cc1)C(=O)NC2=O. The average molecular weight is 414 g/mol. The van der Waals surface area contributed by atoms with E-state index in [0.717, 1.165) is 10.6 Å². The number of nitrogen functional groups attached to an aromatic ring is 1. The molecule has 1 aliphatic heterocycles. The molecular weight excluding hydrogens is 400 g/mol. The zero-order chi connectivity index (χ0) is 20.8. The molecule has 0 bridgehead atoms. The standard InChI is InChI=1S/C18H14N4O6S/c19-16-15-13(17(24)21-18(15)25)8-14(23)22(16)10-3-5-12(6-4-10)29(26,27)20-9-11-2-1-7-28-11/h1-8,20H,9,19H2,(H,21,24,25). The van der Waals surface area contributed by atoms with Crippen LogP contribution in [0.15, 0.2) is 62.8 Å². The Bertz CT molecular complexity index is 1290. The van der Waals surface area contributed by atoms with Crippen LogP contribution in [0.2, 0.25) is 0 Å². The number of imide groups is 1. The van der Waals surface area contributed by atoms with E-state index in [2.05, 4.69) is 10.0 Å². The summed E-state index contributed by atoms with van der Waals surface area (Å²) in [6.07, 6.45) is 1.44. The van der Waals surface area contributed by atoms with Crippen LogP contribution in [-0.4, -0.2) is 24.8 Å². The van der Waals surface area contributed by atoms with Crippen molar-refractivity contribution in [3.8, 4) is 5.69 Å². The van der Waals surface area contributed by atoms with Crippen LogP contribution in [0.5, 0.6) is 0 Å². The van der Waals surface area contributed by atoms with Crippen LogP contribution in [0.3, 0.4) is 0 Å². The fourth-order valence-corrected chi connectivity index (χ4v) is 3.98.